The molecule has 0 saturated carbocycles. The Bertz CT molecular complexity index is 360. The zero-order chi connectivity index (χ0) is 12.2. The summed E-state index contributed by atoms with van der Waals surface area (Å²) in [5.74, 6) is 0. The minimum atomic E-state index is -0.464. The monoisotopic (exact) mass is 262 g/mol. The van der Waals surface area contributed by atoms with Crippen LogP contribution in [0.15, 0.2) is 6.20 Å². The Labute approximate surface area is 104 Å². The van der Waals surface area contributed by atoms with Gasteiger partial charge in [-0.05, 0) is 20.8 Å². The van der Waals surface area contributed by atoms with Crippen LogP contribution in [-0.2, 0) is 11.2 Å². The maximum absolute atomic E-state index is 11.3. The van der Waals surface area contributed by atoms with Crippen molar-refractivity contribution >= 4 is 29.0 Å². The van der Waals surface area contributed by atoms with E-state index in [-0.39, 0.29) is 0 Å². The zero-order valence-corrected chi connectivity index (χ0v) is 11.1. The number of carbonyl (C=O) groups excluding carboxylic acids is 1. The highest BCUT2D eigenvalue weighted by atomic mass is 35.5. The topological polar surface area (TPSA) is 51.2 Å². The SMILES string of the molecule is CC(C)(C)OC(=O)NCCc1ncc(Cl)s1. The number of amides is 1. The summed E-state index contributed by atoms with van der Waals surface area (Å²) < 4.78 is 5.75. The second-order valence-electron chi connectivity index (χ2n) is 4.24. The molecule has 1 amide bonds. The number of nitrogens with zero attached hydrogens (tertiary/aromatic N) is 1. The van der Waals surface area contributed by atoms with E-state index < -0.39 is 11.7 Å². The van der Waals surface area contributed by atoms with E-state index in [1.54, 1.807) is 6.20 Å². The number of hydrogen-bond donors (Lipinski definition) is 1. The summed E-state index contributed by atoms with van der Waals surface area (Å²) in [5, 5.41) is 3.56. The van der Waals surface area contributed by atoms with Crippen LogP contribution in [-0.4, -0.2) is 23.2 Å². The zero-order valence-electron chi connectivity index (χ0n) is 9.54. The Hall–Kier alpha value is -0.810. The summed E-state index contributed by atoms with van der Waals surface area (Å²) in [6, 6.07) is 0. The average Bonchev–Trinajstić information content (AvgIpc) is 2.48. The third kappa shape index (κ3) is 5.32. The fourth-order valence-electron chi connectivity index (χ4n) is 0.989. The van der Waals surface area contributed by atoms with Gasteiger partial charge in [-0.15, -0.1) is 11.3 Å². The van der Waals surface area contributed by atoms with E-state index in [1.165, 1.54) is 11.3 Å². The number of carbonyl (C=O) groups is 1. The van der Waals surface area contributed by atoms with Crippen molar-refractivity contribution in [3.8, 4) is 0 Å². The van der Waals surface area contributed by atoms with Gasteiger partial charge in [-0.1, -0.05) is 11.6 Å². The highest BCUT2D eigenvalue weighted by molar-refractivity contribution is 7.15. The summed E-state index contributed by atoms with van der Waals surface area (Å²) in [5.41, 5.74) is -0.464. The molecule has 0 aliphatic rings. The largest absolute Gasteiger partial charge is 0.444 e. The minimum absolute atomic E-state index is 0.407. The van der Waals surface area contributed by atoms with Crippen molar-refractivity contribution in [2.75, 3.05) is 6.54 Å². The molecule has 0 unspecified atom stereocenters. The van der Waals surface area contributed by atoms with Gasteiger partial charge in [0.2, 0.25) is 0 Å². The first kappa shape index (κ1) is 13.3. The van der Waals surface area contributed by atoms with E-state index in [0.29, 0.717) is 17.3 Å². The molecule has 0 atom stereocenters. The lowest BCUT2D eigenvalue weighted by atomic mass is 10.2. The molecule has 1 rings (SSSR count). The molecule has 0 radical (unpaired) electrons. The van der Waals surface area contributed by atoms with Gasteiger partial charge in [-0.2, -0.15) is 0 Å². The Kier molecular flexibility index (Phi) is 4.56. The summed E-state index contributed by atoms with van der Waals surface area (Å²) in [4.78, 5) is 15.4. The molecular weight excluding hydrogens is 248 g/mol. The van der Waals surface area contributed by atoms with Crippen molar-refractivity contribution in [3.05, 3.63) is 15.5 Å². The maximum atomic E-state index is 11.3. The summed E-state index contributed by atoms with van der Waals surface area (Å²) in [6.45, 7) is 5.98. The molecule has 0 saturated heterocycles. The van der Waals surface area contributed by atoms with Crippen LogP contribution in [0.3, 0.4) is 0 Å². The highest BCUT2D eigenvalue weighted by Gasteiger charge is 2.15. The van der Waals surface area contributed by atoms with Gasteiger partial charge in [-0.25, -0.2) is 9.78 Å². The standard InChI is InChI=1S/C10H15ClN2O2S/c1-10(2,3)15-9(14)12-5-4-8-13-6-7(11)16-8/h6H,4-5H2,1-3H3,(H,12,14). The molecule has 1 aromatic rings. The highest BCUT2D eigenvalue weighted by Crippen LogP contribution is 2.18. The number of halogens is 1. The first-order valence-corrected chi connectivity index (χ1v) is 6.13. The van der Waals surface area contributed by atoms with Crippen LogP contribution >= 0.6 is 22.9 Å². The van der Waals surface area contributed by atoms with Crippen molar-refractivity contribution in [2.45, 2.75) is 32.8 Å². The van der Waals surface area contributed by atoms with Crippen LogP contribution in [0.2, 0.25) is 4.34 Å². The second-order valence-corrected chi connectivity index (χ2v) is 5.98. The Balaban J connectivity index is 2.23. The molecular formula is C10H15ClN2O2S. The molecule has 0 aromatic carbocycles. The second kappa shape index (κ2) is 5.50. The number of alkyl carbamates (subject to hydrolysis) is 1. The molecule has 0 aliphatic heterocycles. The lowest BCUT2D eigenvalue weighted by Crippen LogP contribution is -2.33. The van der Waals surface area contributed by atoms with Gasteiger partial charge in [0.05, 0.1) is 11.2 Å². The van der Waals surface area contributed by atoms with Crippen LogP contribution in [0.5, 0.6) is 0 Å². The number of thiazole rings is 1. The lowest BCUT2D eigenvalue weighted by molar-refractivity contribution is 0.0528. The molecule has 90 valence electrons. The summed E-state index contributed by atoms with van der Waals surface area (Å²) in [7, 11) is 0. The summed E-state index contributed by atoms with van der Waals surface area (Å²) in [6.07, 6.45) is 1.86. The molecule has 16 heavy (non-hydrogen) atoms. The van der Waals surface area contributed by atoms with Crippen LogP contribution in [0.25, 0.3) is 0 Å². The lowest BCUT2D eigenvalue weighted by Gasteiger charge is -2.19. The molecule has 1 aromatic heterocycles. The molecule has 0 fully saturated rings. The van der Waals surface area contributed by atoms with Crippen molar-refractivity contribution in [2.24, 2.45) is 0 Å². The normalized spacial score (nSPS) is 11.2. The third-order valence-corrected chi connectivity index (χ3v) is 2.71. The fourth-order valence-corrected chi connectivity index (χ4v) is 1.95. The van der Waals surface area contributed by atoms with E-state index in [0.717, 1.165) is 5.01 Å². The van der Waals surface area contributed by atoms with Crippen molar-refractivity contribution in [1.29, 1.82) is 0 Å². The smallest absolute Gasteiger partial charge is 0.407 e. The molecule has 4 nitrogen and oxygen atoms in total. The van der Waals surface area contributed by atoms with Gasteiger partial charge < -0.3 is 10.1 Å². The van der Waals surface area contributed by atoms with E-state index in [4.69, 9.17) is 16.3 Å². The first-order chi connectivity index (χ1) is 7.37. The third-order valence-electron chi connectivity index (χ3n) is 1.53. The molecule has 6 heteroatoms. The minimum Gasteiger partial charge on any atom is -0.444 e. The Morgan fingerprint density at radius 3 is 2.81 bits per heavy atom. The first-order valence-electron chi connectivity index (χ1n) is 4.94. The molecule has 1 heterocycles. The maximum Gasteiger partial charge on any atom is 0.407 e. The average molecular weight is 263 g/mol. The van der Waals surface area contributed by atoms with Gasteiger partial charge in [0, 0.05) is 13.0 Å². The van der Waals surface area contributed by atoms with E-state index in [1.807, 2.05) is 20.8 Å². The van der Waals surface area contributed by atoms with Crippen LogP contribution in [0, 0.1) is 0 Å². The molecule has 0 aliphatic carbocycles. The van der Waals surface area contributed by atoms with Gasteiger partial charge in [0.15, 0.2) is 0 Å². The Morgan fingerprint density at radius 1 is 1.62 bits per heavy atom. The molecule has 0 bridgehead atoms. The number of hydrogen-bond acceptors (Lipinski definition) is 4. The van der Waals surface area contributed by atoms with Gasteiger partial charge in [0.25, 0.3) is 0 Å². The fraction of sp³-hybridized carbons (Fsp3) is 0.600. The number of nitrogens with one attached hydrogen (secondary N) is 1. The van der Waals surface area contributed by atoms with Gasteiger partial charge in [0.1, 0.15) is 9.94 Å². The summed E-state index contributed by atoms with van der Waals surface area (Å²) >= 11 is 7.15. The van der Waals surface area contributed by atoms with E-state index in [9.17, 15) is 4.79 Å². The molecule has 0 spiro atoms. The predicted molar refractivity (Wildman–Crippen MR) is 65.1 cm³/mol. The van der Waals surface area contributed by atoms with E-state index >= 15 is 0 Å². The van der Waals surface area contributed by atoms with Crippen molar-refractivity contribution in [3.63, 3.8) is 0 Å². The number of ether oxygens (including phenoxy) is 1. The van der Waals surface area contributed by atoms with Crippen molar-refractivity contribution in [1.82, 2.24) is 10.3 Å². The number of rotatable bonds is 3. The van der Waals surface area contributed by atoms with Crippen molar-refractivity contribution < 1.29 is 9.53 Å². The van der Waals surface area contributed by atoms with Crippen LogP contribution in [0.1, 0.15) is 25.8 Å². The van der Waals surface area contributed by atoms with E-state index in [2.05, 4.69) is 10.3 Å². The quantitative estimate of drug-likeness (QED) is 0.911. The van der Waals surface area contributed by atoms with Crippen LogP contribution in [0.4, 0.5) is 4.79 Å². The van der Waals surface area contributed by atoms with Gasteiger partial charge >= 0.3 is 6.09 Å². The molecule has 1 N–H and O–H groups in total. The predicted octanol–water partition coefficient (Wildman–Crippen LogP) is 2.86. The van der Waals surface area contributed by atoms with Gasteiger partial charge in [-0.3, -0.25) is 0 Å². The van der Waals surface area contributed by atoms with Crippen LogP contribution < -0.4 is 5.32 Å². The Morgan fingerprint density at radius 2 is 2.31 bits per heavy atom. The number of aromatic nitrogens is 1.